The Kier molecular flexibility index (Phi) is 4.91. The van der Waals surface area contributed by atoms with Crippen molar-refractivity contribution < 1.29 is 27.8 Å². The highest BCUT2D eigenvalue weighted by atomic mass is 19.4. The number of ether oxygens (including phenoxy) is 1. The molecule has 4 nitrogen and oxygen atoms in total. The van der Waals surface area contributed by atoms with Gasteiger partial charge in [-0.1, -0.05) is 18.2 Å². The number of nitrogens with zero attached hydrogens (tertiary/aromatic N) is 1. The van der Waals surface area contributed by atoms with E-state index in [1.807, 2.05) is 12.1 Å². The molecule has 0 amide bonds. The molecule has 26 heavy (non-hydrogen) atoms. The smallest absolute Gasteiger partial charge is 0.416 e. The summed E-state index contributed by atoms with van der Waals surface area (Å²) in [6, 6.07) is 9.92. The molecule has 138 valence electrons. The Morgan fingerprint density at radius 2 is 1.88 bits per heavy atom. The minimum Gasteiger partial charge on any atom is -0.497 e. The maximum absolute atomic E-state index is 13.0. The lowest BCUT2D eigenvalue weighted by atomic mass is 9.92. The van der Waals surface area contributed by atoms with Gasteiger partial charge in [0.25, 0.3) is 0 Å². The van der Waals surface area contributed by atoms with Crippen LogP contribution in [0, 0.1) is 0 Å². The fourth-order valence-corrected chi connectivity index (χ4v) is 3.19. The molecule has 1 atom stereocenters. The number of hydrogen-bond donors (Lipinski definition) is 1. The minimum absolute atomic E-state index is 0.155. The lowest BCUT2D eigenvalue weighted by molar-refractivity contribution is -0.144. The van der Waals surface area contributed by atoms with Crippen LogP contribution < -0.4 is 4.74 Å². The molecule has 0 aromatic heterocycles. The van der Waals surface area contributed by atoms with E-state index in [9.17, 15) is 23.1 Å². The molecule has 3 rings (SSSR count). The first-order valence-corrected chi connectivity index (χ1v) is 8.06. The second-order valence-electron chi connectivity index (χ2n) is 6.29. The molecule has 1 aliphatic heterocycles. The zero-order chi connectivity index (χ0) is 18.9. The van der Waals surface area contributed by atoms with Gasteiger partial charge < -0.3 is 9.84 Å². The number of fused-ring (bicyclic) bond motifs is 1. The van der Waals surface area contributed by atoms with Gasteiger partial charge in [0.2, 0.25) is 0 Å². The van der Waals surface area contributed by atoms with Crippen molar-refractivity contribution in [3.8, 4) is 5.75 Å². The third kappa shape index (κ3) is 3.83. The predicted molar refractivity (Wildman–Crippen MR) is 88.8 cm³/mol. The van der Waals surface area contributed by atoms with E-state index in [1.165, 1.54) is 6.07 Å². The van der Waals surface area contributed by atoms with Crippen LogP contribution in [0.25, 0.3) is 0 Å². The monoisotopic (exact) mass is 365 g/mol. The molecule has 0 saturated heterocycles. The van der Waals surface area contributed by atoms with Crippen molar-refractivity contribution in [3.63, 3.8) is 0 Å². The molecule has 1 aliphatic rings. The SMILES string of the molecule is COc1ccc(CN2Cc3cc(C(F)(F)F)ccc3C[C@H]2C(=O)O)cc1. The molecule has 1 N–H and O–H groups in total. The quantitative estimate of drug-likeness (QED) is 0.897. The number of carboxylic acid groups (broad SMARTS) is 1. The Balaban J connectivity index is 1.87. The number of carbonyl (C=O) groups is 1. The van der Waals surface area contributed by atoms with Crippen LogP contribution in [0.5, 0.6) is 5.75 Å². The summed E-state index contributed by atoms with van der Waals surface area (Å²) >= 11 is 0. The second kappa shape index (κ2) is 6.99. The number of benzene rings is 2. The fourth-order valence-electron chi connectivity index (χ4n) is 3.19. The Bertz CT molecular complexity index is 803. The van der Waals surface area contributed by atoms with Gasteiger partial charge in [-0.05, 0) is 47.4 Å². The van der Waals surface area contributed by atoms with Gasteiger partial charge in [-0.2, -0.15) is 13.2 Å². The Hall–Kier alpha value is -2.54. The summed E-state index contributed by atoms with van der Waals surface area (Å²) in [4.78, 5) is 13.3. The van der Waals surface area contributed by atoms with Crippen LogP contribution in [0.4, 0.5) is 13.2 Å². The lowest BCUT2D eigenvalue weighted by Gasteiger charge is -2.34. The van der Waals surface area contributed by atoms with E-state index >= 15 is 0 Å². The number of methoxy groups -OCH3 is 1. The van der Waals surface area contributed by atoms with Crippen molar-refractivity contribution in [3.05, 3.63) is 64.7 Å². The average Bonchev–Trinajstić information content (AvgIpc) is 2.60. The maximum atomic E-state index is 13.0. The molecule has 1 heterocycles. The summed E-state index contributed by atoms with van der Waals surface area (Å²) in [6.07, 6.45) is -4.24. The van der Waals surface area contributed by atoms with E-state index in [2.05, 4.69) is 0 Å². The summed E-state index contributed by atoms with van der Waals surface area (Å²) in [5.41, 5.74) is 1.32. The Labute approximate surface area is 148 Å². The standard InChI is InChI=1S/C19H18F3NO3/c1-26-16-6-2-12(3-7-16)10-23-11-14-8-15(19(20,21)22)5-4-13(14)9-17(23)18(24)25/h2-8,17H,9-11H2,1H3,(H,24,25)/t17-/m0/s1. The largest absolute Gasteiger partial charge is 0.497 e. The van der Waals surface area contributed by atoms with Crippen LogP contribution in [0.3, 0.4) is 0 Å². The van der Waals surface area contributed by atoms with Crippen molar-refractivity contribution >= 4 is 5.97 Å². The van der Waals surface area contributed by atoms with Crippen molar-refractivity contribution in [2.45, 2.75) is 31.7 Å². The number of rotatable bonds is 4. The first-order valence-electron chi connectivity index (χ1n) is 8.06. The molecule has 0 spiro atoms. The third-order valence-corrected chi connectivity index (χ3v) is 4.59. The van der Waals surface area contributed by atoms with Crippen molar-refractivity contribution in [1.82, 2.24) is 4.90 Å². The van der Waals surface area contributed by atoms with Crippen molar-refractivity contribution in [2.75, 3.05) is 7.11 Å². The zero-order valence-corrected chi connectivity index (χ0v) is 14.1. The van der Waals surface area contributed by atoms with E-state index in [0.717, 1.165) is 17.7 Å². The average molecular weight is 365 g/mol. The summed E-state index contributed by atoms with van der Waals surface area (Å²) in [5, 5.41) is 9.54. The van der Waals surface area contributed by atoms with Gasteiger partial charge in [-0.3, -0.25) is 9.69 Å². The molecule has 0 aliphatic carbocycles. The van der Waals surface area contributed by atoms with Crippen LogP contribution in [-0.4, -0.2) is 29.1 Å². The van der Waals surface area contributed by atoms with Gasteiger partial charge in [0.1, 0.15) is 11.8 Å². The van der Waals surface area contributed by atoms with E-state index in [4.69, 9.17) is 4.74 Å². The molecule has 0 saturated carbocycles. The van der Waals surface area contributed by atoms with Crippen molar-refractivity contribution in [1.29, 1.82) is 0 Å². The van der Waals surface area contributed by atoms with Gasteiger partial charge in [0.05, 0.1) is 12.7 Å². The molecule has 2 aromatic carbocycles. The van der Waals surface area contributed by atoms with Gasteiger partial charge in [-0.15, -0.1) is 0 Å². The summed E-state index contributed by atoms with van der Waals surface area (Å²) < 4.78 is 44.0. The van der Waals surface area contributed by atoms with Gasteiger partial charge in [0.15, 0.2) is 0 Å². The first kappa shape index (κ1) is 18.3. The molecule has 0 unspecified atom stereocenters. The minimum atomic E-state index is -4.42. The molecule has 0 radical (unpaired) electrons. The van der Waals surface area contributed by atoms with Crippen LogP contribution in [0.15, 0.2) is 42.5 Å². The van der Waals surface area contributed by atoms with E-state index in [-0.39, 0.29) is 13.0 Å². The fraction of sp³-hybridized carbons (Fsp3) is 0.316. The third-order valence-electron chi connectivity index (χ3n) is 4.59. The zero-order valence-electron chi connectivity index (χ0n) is 14.1. The highest BCUT2D eigenvalue weighted by Gasteiger charge is 2.35. The number of aliphatic carboxylic acids is 1. The summed E-state index contributed by atoms with van der Waals surface area (Å²) in [5.74, 6) is -0.300. The van der Waals surface area contributed by atoms with E-state index < -0.39 is 23.8 Å². The molecule has 7 heteroatoms. The normalized spacial score (nSPS) is 17.6. The number of halogens is 3. The Morgan fingerprint density at radius 1 is 1.19 bits per heavy atom. The van der Waals surface area contributed by atoms with Crippen LogP contribution in [-0.2, 0) is 30.5 Å². The molecular formula is C19H18F3NO3. The number of alkyl halides is 3. The highest BCUT2D eigenvalue weighted by molar-refractivity contribution is 5.74. The van der Waals surface area contributed by atoms with Gasteiger partial charge in [0, 0.05) is 13.1 Å². The molecular weight excluding hydrogens is 347 g/mol. The highest BCUT2D eigenvalue weighted by Crippen LogP contribution is 2.33. The second-order valence-corrected chi connectivity index (χ2v) is 6.29. The number of carboxylic acids is 1. The summed E-state index contributed by atoms with van der Waals surface area (Å²) in [7, 11) is 1.55. The first-order chi connectivity index (χ1) is 12.3. The molecule has 2 aromatic rings. The lowest BCUT2D eigenvalue weighted by Crippen LogP contribution is -2.45. The number of hydrogen-bond acceptors (Lipinski definition) is 3. The molecule has 0 fully saturated rings. The topological polar surface area (TPSA) is 49.8 Å². The molecule has 0 bridgehead atoms. The van der Waals surface area contributed by atoms with E-state index in [0.29, 0.717) is 23.4 Å². The van der Waals surface area contributed by atoms with Crippen LogP contribution in [0.2, 0.25) is 0 Å². The maximum Gasteiger partial charge on any atom is 0.416 e. The predicted octanol–water partition coefficient (Wildman–Crippen LogP) is 3.73. The van der Waals surface area contributed by atoms with Gasteiger partial charge >= 0.3 is 12.1 Å². The van der Waals surface area contributed by atoms with Crippen LogP contribution >= 0.6 is 0 Å². The van der Waals surface area contributed by atoms with Crippen LogP contribution in [0.1, 0.15) is 22.3 Å². The Morgan fingerprint density at radius 3 is 2.46 bits per heavy atom. The van der Waals surface area contributed by atoms with Crippen molar-refractivity contribution in [2.24, 2.45) is 0 Å². The van der Waals surface area contributed by atoms with Gasteiger partial charge in [-0.25, -0.2) is 0 Å². The van der Waals surface area contributed by atoms with E-state index in [1.54, 1.807) is 24.1 Å². The summed E-state index contributed by atoms with van der Waals surface area (Å²) in [6.45, 7) is 0.485.